The van der Waals surface area contributed by atoms with Crippen LogP contribution in [0.2, 0.25) is 0 Å². The fourth-order valence-corrected chi connectivity index (χ4v) is 2.36. The summed E-state index contributed by atoms with van der Waals surface area (Å²) < 4.78 is 10.4. The molecular formula is C18H20O3. The van der Waals surface area contributed by atoms with Crippen LogP contribution in [0.1, 0.15) is 30.4 Å². The van der Waals surface area contributed by atoms with Crippen molar-refractivity contribution in [1.29, 1.82) is 0 Å². The molecule has 0 fully saturated rings. The van der Waals surface area contributed by atoms with Crippen molar-refractivity contribution in [3.63, 3.8) is 0 Å². The van der Waals surface area contributed by atoms with Gasteiger partial charge in [0.25, 0.3) is 0 Å². The Hall–Kier alpha value is -2.29. The molecule has 0 aliphatic rings. The third kappa shape index (κ3) is 4.09. The van der Waals surface area contributed by atoms with Gasteiger partial charge in [-0.05, 0) is 30.2 Å². The Balaban J connectivity index is 2.33. The Morgan fingerprint density at radius 3 is 2.43 bits per heavy atom. The van der Waals surface area contributed by atoms with Gasteiger partial charge < -0.3 is 9.47 Å². The number of benzene rings is 2. The maximum Gasteiger partial charge on any atom is 0.306 e. The molecule has 0 radical (unpaired) electrons. The normalized spacial score (nSPS) is 11.7. The van der Waals surface area contributed by atoms with Gasteiger partial charge in [0.2, 0.25) is 0 Å². The molecule has 0 heterocycles. The summed E-state index contributed by atoms with van der Waals surface area (Å²) in [6.07, 6.45) is 0.324. The van der Waals surface area contributed by atoms with Crippen LogP contribution in [0.5, 0.6) is 5.75 Å². The molecule has 0 unspecified atom stereocenters. The lowest BCUT2D eigenvalue weighted by molar-refractivity contribution is -0.143. The average molecular weight is 284 g/mol. The molecule has 0 amide bonds. The van der Waals surface area contributed by atoms with Gasteiger partial charge in [-0.1, -0.05) is 42.5 Å². The molecule has 3 heteroatoms. The molecule has 0 bridgehead atoms. The number of carbonyl (C=O) groups excluding carboxylic acids is 1. The van der Waals surface area contributed by atoms with E-state index >= 15 is 0 Å². The molecule has 0 spiro atoms. The summed E-state index contributed by atoms with van der Waals surface area (Å²) in [5, 5.41) is 0. The van der Waals surface area contributed by atoms with Crippen molar-refractivity contribution in [2.24, 2.45) is 0 Å². The van der Waals surface area contributed by atoms with Crippen molar-refractivity contribution in [1.82, 2.24) is 0 Å². The van der Waals surface area contributed by atoms with E-state index in [0.717, 1.165) is 16.9 Å². The predicted molar refractivity (Wildman–Crippen MR) is 82.5 cm³/mol. The van der Waals surface area contributed by atoms with Gasteiger partial charge in [0, 0.05) is 5.92 Å². The van der Waals surface area contributed by atoms with Gasteiger partial charge in [-0.3, -0.25) is 4.79 Å². The Morgan fingerprint density at radius 2 is 1.76 bits per heavy atom. The molecule has 3 nitrogen and oxygen atoms in total. The van der Waals surface area contributed by atoms with E-state index < -0.39 is 0 Å². The first-order valence-corrected chi connectivity index (χ1v) is 7.09. The first-order valence-electron chi connectivity index (χ1n) is 7.09. The largest absolute Gasteiger partial charge is 0.497 e. The van der Waals surface area contributed by atoms with Gasteiger partial charge in [-0.25, -0.2) is 0 Å². The average Bonchev–Trinajstić information content (AvgIpc) is 2.54. The van der Waals surface area contributed by atoms with Gasteiger partial charge in [0.1, 0.15) is 5.75 Å². The van der Waals surface area contributed by atoms with E-state index in [1.807, 2.05) is 61.5 Å². The molecule has 2 rings (SSSR count). The Bertz CT molecular complexity index is 578. The lowest BCUT2D eigenvalue weighted by atomic mass is 9.88. The van der Waals surface area contributed by atoms with Crippen molar-refractivity contribution in [3.05, 3.63) is 65.7 Å². The van der Waals surface area contributed by atoms with Crippen LogP contribution in [0.4, 0.5) is 0 Å². The summed E-state index contributed by atoms with van der Waals surface area (Å²) in [5.74, 6) is 0.576. The van der Waals surface area contributed by atoms with Crippen molar-refractivity contribution in [2.75, 3.05) is 13.7 Å². The number of carbonyl (C=O) groups is 1. The number of hydrogen-bond acceptors (Lipinski definition) is 3. The monoisotopic (exact) mass is 284 g/mol. The number of rotatable bonds is 6. The first kappa shape index (κ1) is 15.1. The standard InChI is InChI=1S/C18H20O3/c1-3-21-18(19)13-17(14-8-5-4-6-9-14)15-10-7-11-16(12-15)20-2/h4-12,17H,3,13H2,1-2H3/t17-/m0/s1. The van der Waals surface area contributed by atoms with Gasteiger partial charge in [-0.2, -0.15) is 0 Å². The minimum atomic E-state index is -0.186. The molecule has 0 N–H and O–H groups in total. The highest BCUT2D eigenvalue weighted by molar-refractivity contribution is 5.71. The molecular weight excluding hydrogens is 264 g/mol. The lowest BCUT2D eigenvalue weighted by Crippen LogP contribution is -2.11. The highest BCUT2D eigenvalue weighted by atomic mass is 16.5. The second kappa shape index (κ2) is 7.48. The summed E-state index contributed by atoms with van der Waals surface area (Å²) in [6.45, 7) is 2.22. The van der Waals surface area contributed by atoms with Crippen molar-refractivity contribution in [2.45, 2.75) is 19.3 Å². The fraction of sp³-hybridized carbons (Fsp3) is 0.278. The number of esters is 1. The van der Waals surface area contributed by atoms with Gasteiger partial charge in [0.15, 0.2) is 0 Å². The van der Waals surface area contributed by atoms with E-state index in [9.17, 15) is 4.79 Å². The highest BCUT2D eigenvalue weighted by Gasteiger charge is 2.19. The third-order valence-electron chi connectivity index (χ3n) is 3.37. The Labute approximate surface area is 125 Å². The Morgan fingerprint density at radius 1 is 1.05 bits per heavy atom. The van der Waals surface area contributed by atoms with Gasteiger partial charge in [-0.15, -0.1) is 0 Å². The zero-order chi connectivity index (χ0) is 15.1. The smallest absolute Gasteiger partial charge is 0.306 e. The fourth-order valence-electron chi connectivity index (χ4n) is 2.36. The van der Waals surface area contributed by atoms with Crippen LogP contribution in [0.25, 0.3) is 0 Å². The zero-order valence-corrected chi connectivity index (χ0v) is 12.4. The van der Waals surface area contributed by atoms with E-state index in [1.165, 1.54) is 0 Å². The lowest BCUT2D eigenvalue weighted by Gasteiger charge is -2.18. The van der Waals surface area contributed by atoms with Crippen LogP contribution in [-0.2, 0) is 9.53 Å². The molecule has 2 aromatic carbocycles. The molecule has 1 atom stereocenters. The summed E-state index contributed by atoms with van der Waals surface area (Å²) in [6, 6.07) is 17.8. The first-order chi connectivity index (χ1) is 10.2. The molecule has 0 aromatic heterocycles. The summed E-state index contributed by atoms with van der Waals surface area (Å²) in [7, 11) is 1.64. The maximum absolute atomic E-state index is 11.9. The van der Waals surface area contributed by atoms with E-state index in [4.69, 9.17) is 9.47 Å². The molecule has 0 saturated heterocycles. The predicted octanol–water partition coefficient (Wildman–Crippen LogP) is 3.78. The van der Waals surface area contributed by atoms with Crippen LogP contribution in [0.3, 0.4) is 0 Å². The van der Waals surface area contributed by atoms with Gasteiger partial charge >= 0.3 is 5.97 Å². The molecule has 2 aromatic rings. The quantitative estimate of drug-likeness (QED) is 0.757. The highest BCUT2D eigenvalue weighted by Crippen LogP contribution is 2.30. The number of hydrogen-bond donors (Lipinski definition) is 0. The van der Waals surface area contributed by atoms with Crippen LogP contribution in [-0.4, -0.2) is 19.7 Å². The van der Waals surface area contributed by atoms with E-state index in [1.54, 1.807) is 7.11 Å². The zero-order valence-electron chi connectivity index (χ0n) is 12.4. The SMILES string of the molecule is CCOC(=O)C[C@@H](c1ccccc1)c1cccc(OC)c1. The molecule has 0 aliphatic heterocycles. The van der Waals surface area contributed by atoms with E-state index in [0.29, 0.717) is 13.0 Å². The summed E-state index contributed by atoms with van der Waals surface area (Å²) in [4.78, 5) is 11.9. The van der Waals surface area contributed by atoms with Crippen LogP contribution in [0, 0.1) is 0 Å². The van der Waals surface area contributed by atoms with Crippen molar-refractivity contribution >= 4 is 5.97 Å². The molecule has 21 heavy (non-hydrogen) atoms. The second-order valence-electron chi connectivity index (χ2n) is 4.75. The second-order valence-corrected chi connectivity index (χ2v) is 4.75. The maximum atomic E-state index is 11.9. The topological polar surface area (TPSA) is 35.5 Å². The summed E-state index contributed by atoms with van der Waals surface area (Å²) in [5.41, 5.74) is 2.15. The minimum absolute atomic E-state index is 0.0275. The van der Waals surface area contributed by atoms with Crippen molar-refractivity contribution < 1.29 is 14.3 Å². The minimum Gasteiger partial charge on any atom is -0.497 e. The third-order valence-corrected chi connectivity index (χ3v) is 3.37. The van der Waals surface area contributed by atoms with E-state index in [2.05, 4.69) is 0 Å². The number of methoxy groups -OCH3 is 1. The van der Waals surface area contributed by atoms with Crippen LogP contribution in [0.15, 0.2) is 54.6 Å². The van der Waals surface area contributed by atoms with Crippen LogP contribution >= 0.6 is 0 Å². The molecule has 110 valence electrons. The molecule has 0 saturated carbocycles. The van der Waals surface area contributed by atoms with Crippen LogP contribution < -0.4 is 4.74 Å². The van der Waals surface area contributed by atoms with E-state index in [-0.39, 0.29) is 11.9 Å². The van der Waals surface area contributed by atoms with Crippen molar-refractivity contribution in [3.8, 4) is 5.75 Å². The molecule has 0 aliphatic carbocycles. The number of ether oxygens (including phenoxy) is 2. The van der Waals surface area contributed by atoms with Gasteiger partial charge in [0.05, 0.1) is 20.1 Å². The Kier molecular flexibility index (Phi) is 5.38. The summed E-state index contributed by atoms with van der Waals surface area (Å²) >= 11 is 0.